The number of aryl methyl sites for hydroxylation is 3. The fraction of sp³-hybridized carbons (Fsp3) is 0.600. The van der Waals surface area contributed by atoms with E-state index < -0.39 is 0 Å². The van der Waals surface area contributed by atoms with E-state index >= 15 is 0 Å². The molecule has 0 aromatic heterocycles. The Labute approximate surface area is 155 Å². The van der Waals surface area contributed by atoms with Gasteiger partial charge in [-0.25, -0.2) is 0 Å². The zero-order valence-corrected chi connectivity index (χ0v) is 16.1. The zero-order chi connectivity index (χ0) is 18.7. The summed E-state index contributed by atoms with van der Waals surface area (Å²) < 4.78 is 0. The first-order chi connectivity index (χ1) is 12.4. The van der Waals surface area contributed by atoms with Crippen LogP contribution in [0.15, 0.2) is 12.1 Å². The minimum atomic E-state index is 0.0278. The highest BCUT2D eigenvalue weighted by Gasteiger charge is 2.25. The van der Waals surface area contributed by atoms with Crippen LogP contribution in [0.3, 0.4) is 0 Å². The van der Waals surface area contributed by atoms with Crippen molar-refractivity contribution in [3.05, 3.63) is 28.8 Å². The largest absolute Gasteiger partial charge is 0.352 e. The normalized spacial score (nSPS) is 18.6. The molecule has 0 radical (unpaired) electrons. The number of anilines is 1. The van der Waals surface area contributed by atoms with Crippen molar-refractivity contribution in [1.29, 1.82) is 0 Å². The molecule has 142 valence electrons. The van der Waals surface area contributed by atoms with Gasteiger partial charge in [0.1, 0.15) is 0 Å². The van der Waals surface area contributed by atoms with Gasteiger partial charge in [0, 0.05) is 37.9 Å². The molecule has 1 aliphatic heterocycles. The molecule has 2 aliphatic rings. The van der Waals surface area contributed by atoms with Crippen molar-refractivity contribution in [2.75, 3.05) is 44.6 Å². The minimum Gasteiger partial charge on any atom is -0.352 e. The Kier molecular flexibility index (Phi) is 5.94. The molecule has 2 N–H and O–H groups in total. The van der Waals surface area contributed by atoms with E-state index in [4.69, 9.17) is 0 Å². The van der Waals surface area contributed by atoms with Gasteiger partial charge in [-0.2, -0.15) is 0 Å². The SMILES string of the molecule is Cc1cc(C)c(NC(=O)CN2CCN(CC(=O)NC3CC3)CC2)c(C)c1. The van der Waals surface area contributed by atoms with Gasteiger partial charge in [0.15, 0.2) is 0 Å². The number of rotatable bonds is 6. The molecule has 0 spiro atoms. The summed E-state index contributed by atoms with van der Waals surface area (Å²) in [7, 11) is 0. The molecule has 3 rings (SSSR count). The second kappa shape index (κ2) is 8.18. The molecule has 1 saturated heterocycles. The Balaban J connectivity index is 1.42. The maximum absolute atomic E-state index is 12.4. The van der Waals surface area contributed by atoms with Gasteiger partial charge in [0.05, 0.1) is 13.1 Å². The quantitative estimate of drug-likeness (QED) is 0.808. The third kappa shape index (κ3) is 5.29. The van der Waals surface area contributed by atoms with Crippen LogP contribution >= 0.6 is 0 Å². The second-order valence-corrected chi connectivity index (χ2v) is 7.72. The molecule has 0 atom stereocenters. The molecule has 2 amide bonds. The molecule has 6 nitrogen and oxygen atoms in total. The smallest absolute Gasteiger partial charge is 0.238 e. The topological polar surface area (TPSA) is 64.7 Å². The number of hydrogen-bond acceptors (Lipinski definition) is 4. The summed E-state index contributed by atoms with van der Waals surface area (Å²) in [6, 6.07) is 4.60. The molecule has 0 unspecified atom stereocenters. The highest BCUT2D eigenvalue weighted by atomic mass is 16.2. The number of benzene rings is 1. The van der Waals surface area contributed by atoms with E-state index in [1.807, 2.05) is 13.8 Å². The summed E-state index contributed by atoms with van der Waals surface area (Å²) in [4.78, 5) is 28.6. The maximum Gasteiger partial charge on any atom is 0.238 e. The van der Waals surface area contributed by atoms with Crippen LogP contribution in [0.2, 0.25) is 0 Å². The van der Waals surface area contributed by atoms with E-state index in [1.54, 1.807) is 0 Å². The molecular formula is C20H30N4O2. The van der Waals surface area contributed by atoms with Gasteiger partial charge >= 0.3 is 0 Å². The highest BCUT2D eigenvalue weighted by Crippen LogP contribution is 2.22. The van der Waals surface area contributed by atoms with E-state index in [1.165, 1.54) is 5.56 Å². The van der Waals surface area contributed by atoms with Gasteiger partial charge in [-0.3, -0.25) is 19.4 Å². The average Bonchev–Trinajstić information content (AvgIpc) is 3.36. The Bertz CT molecular complexity index is 653. The lowest BCUT2D eigenvalue weighted by Crippen LogP contribution is -2.51. The Morgan fingerprint density at radius 3 is 1.92 bits per heavy atom. The van der Waals surface area contributed by atoms with Gasteiger partial charge in [-0.05, 0) is 44.7 Å². The Morgan fingerprint density at radius 2 is 1.42 bits per heavy atom. The van der Waals surface area contributed by atoms with Crippen molar-refractivity contribution in [2.45, 2.75) is 39.7 Å². The molecular weight excluding hydrogens is 328 g/mol. The first-order valence-electron chi connectivity index (χ1n) is 9.52. The number of nitrogens with one attached hydrogen (secondary N) is 2. The van der Waals surface area contributed by atoms with Crippen LogP contribution in [-0.4, -0.2) is 66.9 Å². The van der Waals surface area contributed by atoms with Crippen molar-refractivity contribution < 1.29 is 9.59 Å². The fourth-order valence-electron chi connectivity index (χ4n) is 3.57. The molecule has 1 heterocycles. The van der Waals surface area contributed by atoms with Crippen LogP contribution in [0.5, 0.6) is 0 Å². The van der Waals surface area contributed by atoms with E-state index in [9.17, 15) is 9.59 Å². The molecule has 1 aliphatic carbocycles. The molecule has 6 heteroatoms. The zero-order valence-electron chi connectivity index (χ0n) is 16.1. The maximum atomic E-state index is 12.4. The van der Waals surface area contributed by atoms with Crippen molar-refractivity contribution in [1.82, 2.24) is 15.1 Å². The van der Waals surface area contributed by atoms with Crippen molar-refractivity contribution >= 4 is 17.5 Å². The summed E-state index contributed by atoms with van der Waals surface area (Å²) in [5.74, 6) is 0.156. The third-order valence-electron chi connectivity index (χ3n) is 5.08. The van der Waals surface area contributed by atoms with Gasteiger partial charge in [-0.1, -0.05) is 17.7 Å². The lowest BCUT2D eigenvalue weighted by molar-refractivity contribution is -0.123. The van der Waals surface area contributed by atoms with Crippen LogP contribution in [0.1, 0.15) is 29.5 Å². The average molecular weight is 358 g/mol. The van der Waals surface area contributed by atoms with E-state index in [0.717, 1.165) is 55.8 Å². The van der Waals surface area contributed by atoms with Crippen LogP contribution in [0.4, 0.5) is 5.69 Å². The fourth-order valence-corrected chi connectivity index (χ4v) is 3.57. The van der Waals surface area contributed by atoms with Crippen LogP contribution < -0.4 is 10.6 Å². The van der Waals surface area contributed by atoms with Crippen LogP contribution in [0, 0.1) is 20.8 Å². The Hall–Kier alpha value is -1.92. The van der Waals surface area contributed by atoms with Crippen molar-refractivity contribution in [3.8, 4) is 0 Å². The lowest BCUT2D eigenvalue weighted by Gasteiger charge is -2.33. The number of piperazine rings is 1. The standard InChI is InChI=1S/C20H30N4O2/c1-14-10-15(2)20(16(3)11-14)22-19(26)13-24-8-6-23(7-9-24)12-18(25)21-17-4-5-17/h10-11,17H,4-9,12-13H2,1-3H3,(H,21,25)(H,22,26). The summed E-state index contributed by atoms with van der Waals surface area (Å²) >= 11 is 0. The lowest BCUT2D eigenvalue weighted by atomic mass is 10.1. The summed E-state index contributed by atoms with van der Waals surface area (Å²) in [6.45, 7) is 10.3. The first-order valence-corrected chi connectivity index (χ1v) is 9.52. The predicted octanol–water partition coefficient (Wildman–Crippen LogP) is 1.45. The molecule has 1 saturated carbocycles. The minimum absolute atomic E-state index is 0.0278. The van der Waals surface area contributed by atoms with Gasteiger partial charge in [0.2, 0.25) is 11.8 Å². The number of carbonyl (C=O) groups is 2. The number of hydrogen-bond donors (Lipinski definition) is 2. The molecule has 26 heavy (non-hydrogen) atoms. The molecule has 0 bridgehead atoms. The molecule has 1 aromatic rings. The van der Waals surface area contributed by atoms with Crippen LogP contribution in [0.25, 0.3) is 0 Å². The highest BCUT2D eigenvalue weighted by molar-refractivity contribution is 5.93. The van der Waals surface area contributed by atoms with Gasteiger partial charge in [0.25, 0.3) is 0 Å². The summed E-state index contributed by atoms with van der Waals surface area (Å²) in [6.07, 6.45) is 2.24. The first kappa shape index (κ1) is 18.9. The van der Waals surface area contributed by atoms with Gasteiger partial charge < -0.3 is 10.6 Å². The molecule has 1 aromatic carbocycles. The van der Waals surface area contributed by atoms with Crippen LogP contribution in [-0.2, 0) is 9.59 Å². The monoisotopic (exact) mass is 358 g/mol. The number of nitrogens with zero attached hydrogens (tertiary/aromatic N) is 2. The van der Waals surface area contributed by atoms with E-state index in [-0.39, 0.29) is 11.8 Å². The van der Waals surface area contributed by atoms with E-state index in [2.05, 4.69) is 39.5 Å². The third-order valence-corrected chi connectivity index (χ3v) is 5.08. The van der Waals surface area contributed by atoms with Crippen molar-refractivity contribution in [3.63, 3.8) is 0 Å². The van der Waals surface area contributed by atoms with Gasteiger partial charge in [-0.15, -0.1) is 0 Å². The molecule has 2 fully saturated rings. The Morgan fingerprint density at radius 1 is 0.923 bits per heavy atom. The summed E-state index contributed by atoms with van der Waals surface area (Å²) in [5, 5.41) is 6.09. The van der Waals surface area contributed by atoms with Crippen molar-refractivity contribution in [2.24, 2.45) is 0 Å². The van der Waals surface area contributed by atoms with E-state index in [0.29, 0.717) is 19.1 Å². The predicted molar refractivity (Wildman–Crippen MR) is 103 cm³/mol. The second-order valence-electron chi connectivity index (χ2n) is 7.72. The number of carbonyl (C=O) groups excluding carboxylic acids is 2. The summed E-state index contributed by atoms with van der Waals surface area (Å²) in [5.41, 5.74) is 4.33. The number of amides is 2.